The third-order valence-electron chi connectivity index (χ3n) is 3.28. The van der Waals surface area contributed by atoms with Gasteiger partial charge in [-0.05, 0) is 24.3 Å². The summed E-state index contributed by atoms with van der Waals surface area (Å²) in [5.41, 5.74) is 1.49. The first-order chi connectivity index (χ1) is 10.2. The van der Waals surface area contributed by atoms with Crippen molar-refractivity contribution in [1.29, 1.82) is 0 Å². The van der Waals surface area contributed by atoms with Gasteiger partial charge in [0.15, 0.2) is 5.76 Å². The van der Waals surface area contributed by atoms with Gasteiger partial charge in [0.05, 0.1) is 24.2 Å². The van der Waals surface area contributed by atoms with Crippen LogP contribution < -0.4 is 15.5 Å². The molecular weight excluding hydrogens is 270 g/mol. The van der Waals surface area contributed by atoms with Crippen molar-refractivity contribution in [2.75, 3.05) is 29.9 Å². The highest BCUT2D eigenvalue weighted by molar-refractivity contribution is 6.04. The monoisotopic (exact) mass is 285 g/mol. The second-order valence-corrected chi connectivity index (χ2v) is 4.72. The second kappa shape index (κ2) is 5.70. The van der Waals surface area contributed by atoms with Crippen molar-refractivity contribution in [3.63, 3.8) is 0 Å². The summed E-state index contributed by atoms with van der Waals surface area (Å²) in [6, 6.07) is 10.7. The highest BCUT2D eigenvalue weighted by Crippen LogP contribution is 2.26. The Morgan fingerprint density at radius 3 is 2.86 bits per heavy atom. The number of amides is 2. The largest absolute Gasteiger partial charge is 0.459 e. The fourth-order valence-corrected chi connectivity index (χ4v) is 2.29. The van der Waals surface area contributed by atoms with Gasteiger partial charge in [0.25, 0.3) is 5.91 Å². The van der Waals surface area contributed by atoms with Crippen molar-refractivity contribution in [2.45, 2.75) is 0 Å². The van der Waals surface area contributed by atoms with Gasteiger partial charge >= 0.3 is 0 Å². The molecule has 1 saturated heterocycles. The van der Waals surface area contributed by atoms with Crippen LogP contribution >= 0.6 is 0 Å². The number of hydrogen-bond acceptors (Lipinski definition) is 4. The van der Waals surface area contributed by atoms with E-state index in [1.165, 1.54) is 6.26 Å². The molecule has 1 fully saturated rings. The van der Waals surface area contributed by atoms with Crippen molar-refractivity contribution >= 4 is 23.2 Å². The predicted octanol–water partition coefficient (Wildman–Crippen LogP) is 1.47. The first-order valence-electron chi connectivity index (χ1n) is 6.69. The molecule has 0 spiro atoms. The minimum atomic E-state index is -0.311. The molecule has 2 aromatic rings. The number of nitrogens with one attached hydrogen (secondary N) is 2. The van der Waals surface area contributed by atoms with Crippen molar-refractivity contribution < 1.29 is 14.0 Å². The van der Waals surface area contributed by atoms with Crippen molar-refractivity contribution in [2.24, 2.45) is 0 Å². The number of anilines is 2. The van der Waals surface area contributed by atoms with Crippen LogP contribution in [0.2, 0.25) is 0 Å². The lowest BCUT2D eigenvalue weighted by atomic mass is 10.2. The maximum Gasteiger partial charge on any atom is 0.291 e. The molecule has 2 N–H and O–H groups in total. The fraction of sp³-hybridized carbons (Fsp3) is 0.200. The SMILES string of the molecule is O=C1CN(c2ccccc2NC(=O)c2ccco2)CCN1. The lowest BCUT2D eigenvalue weighted by Crippen LogP contribution is -2.47. The molecule has 0 unspecified atom stereocenters. The zero-order valence-electron chi connectivity index (χ0n) is 11.3. The summed E-state index contributed by atoms with van der Waals surface area (Å²) in [5.74, 6) is -0.0801. The number of rotatable bonds is 3. The molecule has 1 aromatic heterocycles. The van der Waals surface area contributed by atoms with Gasteiger partial charge in [-0.25, -0.2) is 0 Å². The van der Waals surface area contributed by atoms with Crippen LogP contribution in [-0.4, -0.2) is 31.4 Å². The van der Waals surface area contributed by atoms with Crippen LogP contribution in [0.5, 0.6) is 0 Å². The van der Waals surface area contributed by atoms with Gasteiger partial charge in [0.1, 0.15) is 0 Å². The Morgan fingerprint density at radius 2 is 2.10 bits per heavy atom. The first-order valence-corrected chi connectivity index (χ1v) is 6.69. The Bertz CT molecular complexity index is 652. The van der Waals surface area contributed by atoms with E-state index in [1.807, 2.05) is 29.2 Å². The van der Waals surface area contributed by atoms with Crippen LogP contribution in [0.15, 0.2) is 47.1 Å². The van der Waals surface area contributed by atoms with E-state index >= 15 is 0 Å². The summed E-state index contributed by atoms with van der Waals surface area (Å²) in [4.78, 5) is 25.5. The molecule has 0 atom stereocenters. The Morgan fingerprint density at radius 1 is 1.24 bits per heavy atom. The molecule has 3 rings (SSSR count). The van der Waals surface area contributed by atoms with E-state index in [0.717, 1.165) is 5.69 Å². The minimum absolute atomic E-state index is 0.0200. The minimum Gasteiger partial charge on any atom is -0.459 e. The van der Waals surface area contributed by atoms with Crippen LogP contribution in [0.4, 0.5) is 11.4 Å². The Labute approximate surface area is 121 Å². The molecule has 0 saturated carbocycles. The normalized spacial score (nSPS) is 14.7. The molecular formula is C15H15N3O3. The van der Waals surface area contributed by atoms with Crippen LogP contribution in [-0.2, 0) is 4.79 Å². The van der Waals surface area contributed by atoms with Gasteiger partial charge in [0.2, 0.25) is 5.91 Å². The zero-order valence-corrected chi connectivity index (χ0v) is 11.3. The Balaban J connectivity index is 1.82. The van der Waals surface area contributed by atoms with E-state index in [4.69, 9.17) is 4.42 Å². The van der Waals surface area contributed by atoms with Gasteiger partial charge in [-0.2, -0.15) is 0 Å². The van der Waals surface area contributed by atoms with E-state index in [2.05, 4.69) is 10.6 Å². The van der Waals surface area contributed by atoms with Gasteiger partial charge in [-0.3, -0.25) is 9.59 Å². The van der Waals surface area contributed by atoms with Crippen molar-refractivity contribution in [1.82, 2.24) is 5.32 Å². The number of furan rings is 1. The number of carbonyl (C=O) groups is 2. The van der Waals surface area contributed by atoms with Gasteiger partial charge < -0.3 is 20.0 Å². The molecule has 0 aliphatic carbocycles. The second-order valence-electron chi connectivity index (χ2n) is 4.72. The van der Waals surface area contributed by atoms with Crippen molar-refractivity contribution in [3.05, 3.63) is 48.4 Å². The third-order valence-corrected chi connectivity index (χ3v) is 3.28. The molecule has 0 radical (unpaired) electrons. The number of piperazine rings is 1. The molecule has 108 valence electrons. The fourth-order valence-electron chi connectivity index (χ4n) is 2.29. The lowest BCUT2D eigenvalue weighted by molar-refractivity contribution is -0.120. The molecule has 6 heteroatoms. The average Bonchev–Trinajstić information content (AvgIpc) is 3.02. The van der Waals surface area contributed by atoms with Gasteiger partial charge in [-0.1, -0.05) is 12.1 Å². The van der Waals surface area contributed by atoms with Crippen LogP contribution in [0.25, 0.3) is 0 Å². The quantitative estimate of drug-likeness (QED) is 0.895. The summed E-state index contributed by atoms with van der Waals surface area (Å²) in [5, 5.41) is 5.60. The van der Waals surface area contributed by atoms with E-state index in [0.29, 0.717) is 18.8 Å². The predicted molar refractivity (Wildman–Crippen MR) is 78.3 cm³/mol. The van der Waals surface area contributed by atoms with Gasteiger partial charge in [0, 0.05) is 13.1 Å². The molecule has 21 heavy (non-hydrogen) atoms. The topological polar surface area (TPSA) is 74.6 Å². The first kappa shape index (κ1) is 13.2. The van der Waals surface area contributed by atoms with E-state index in [-0.39, 0.29) is 24.1 Å². The summed E-state index contributed by atoms with van der Waals surface area (Å²) in [7, 11) is 0. The smallest absolute Gasteiger partial charge is 0.291 e. The highest BCUT2D eigenvalue weighted by atomic mass is 16.3. The molecule has 1 aromatic carbocycles. The van der Waals surface area contributed by atoms with Crippen LogP contribution in [0, 0.1) is 0 Å². The van der Waals surface area contributed by atoms with E-state index in [1.54, 1.807) is 12.1 Å². The molecule has 2 amide bonds. The standard InChI is InChI=1S/C15H15N3O3/c19-14-10-18(8-7-16-14)12-5-2-1-4-11(12)17-15(20)13-6-3-9-21-13/h1-6,9H,7-8,10H2,(H,16,19)(H,17,20). The van der Waals surface area contributed by atoms with E-state index in [9.17, 15) is 9.59 Å². The summed E-state index contributed by atoms with van der Waals surface area (Å²) in [6.07, 6.45) is 1.45. The number of carbonyl (C=O) groups excluding carboxylic acids is 2. The zero-order chi connectivity index (χ0) is 14.7. The van der Waals surface area contributed by atoms with Crippen LogP contribution in [0.1, 0.15) is 10.6 Å². The van der Waals surface area contributed by atoms with Crippen LogP contribution in [0.3, 0.4) is 0 Å². The summed E-state index contributed by atoms with van der Waals surface area (Å²) >= 11 is 0. The number of para-hydroxylation sites is 2. The molecule has 0 bridgehead atoms. The Hall–Kier alpha value is -2.76. The number of benzene rings is 1. The molecule has 6 nitrogen and oxygen atoms in total. The maximum absolute atomic E-state index is 12.1. The number of nitrogens with zero attached hydrogens (tertiary/aromatic N) is 1. The molecule has 1 aliphatic rings. The average molecular weight is 285 g/mol. The molecule has 2 heterocycles. The van der Waals surface area contributed by atoms with Crippen molar-refractivity contribution in [3.8, 4) is 0 Å². The number of hydrogen-bond donors (Lipinski definition) is 2. The molecule has 1 aliphatic heterocycles. The van der Waals surface area contributed by atoms with Gasteiger partial charge in [-0.15, -0.1) is 0 Å². The van der Waals surface area contributed by atoms with E-state index < -0.39 is 0 Å². The lowest BCUT2D eigenvalue weighted by Gasteiger charge is -2.30. The summed E-state index contributed by atoms with van der Waals surface area (Å²) < 4.78 is 5.08. The highest BCUT2D eigenvalue weighted by Gasteiger charge is 2.20. The third kappa shape index (κ3) is 2.89. The summed E-state index contributed by atoms with van der Waals surface area (Å²) in [6.45, 7) is 1.59. The maximum atomic E-state index is 12.1. The Kier molecular flexibility index (Phi) is 3.59.